The molecule has 0 atom stereocenters. The summed E-state index contributed by atoms with van der Waals surface area (Å²) in [7, 11) is -3.76. The van der Waals surface area contributed by atoms with Crippen molar-refractivity contribution in [2.24, 2.45) is 0 Å². The Balaban J connectivity index is 1.90. The zero-order chi connectivity index (χ0) is 23.1. The molecule has 32 heavy (non-hydrogen) atoms. The van der Waals surface area contributed by atoms with Crippen LogP contribution in [0.15, 0.2) is 84.9 Å². The van der Waals surface area contributed by atoms with E-state index in [1.165, 1.54) is 13.0 Å². The average Bonchev–Trinajstić information content (AvgIpc) is 2.77. The van der Waals surface area contributed by atoms with E-state index >= 15 is 0 Å². The first kappa shape index (κ1) is 23.2. The molecule has 0 fully saturated rings. The third-order valence-corrected chi connectivity index (χ3v) is 6.15. The van der Waals surface area contributed by atoms with Gasteiger partial charge in [-0.1, -0.05) is 72.8 Å². The standard InChI is InChI=1S/C25H26N2O4S/c1-20(28)23-14-9-15-24(16-23)27(32(2,30)31)19-25(29)26(17-21-10-5-3-6-11-21)18-22-12-7-4-8-13-22/h3-16H,17-19H2,1-2H3. The first-order valence-corrected chi connectivity index (χ1v) is 12.0. The van der Waals surface area contributed by atoms with E-state index in [2.05, 4.69) is 0 Å². The van der Waals surface area contributed by atoms with Gasteiger partial charge in [0, 0.05) is 18.7 Å². The summed E-state index contributed by atoms with van der Waals surface area (Å²) in [6, 6.07) is 25.4. The summed E-state index contributed by atoms with van der Waals surface area (Å²) in [6.07, 6.45) is 1.06. The van der Waals surface area contributed by atoms with Crippen LogP contribution in [-0.2, 0) is 27.9 Å². The van der Waals surface area contributed by atoms with Crippen molar-refractivity contribution in [3.8, 4) is 0 Å². The minimum atomic E-state index is -3.76. The molecular formula is C25H26N2O4S. The molecule has 3 aromatic carbocycles. The molecule has 3 rings (SSSR count). The number of hydrogen-bond donors (Lipinski definition) is 0. The third kappa shape index (κ3) is 6.28. The summed E-state index contributed by atoms with van der Waals surface area (Å²) in [5, 5.41) is 0. The van der Waals surface area contributed by atoms with E-state index in [4.69, 9.17) is 0 Å². The summed E-state index contributed by atoms with van der Waals surface area (Å²) in [4.78, 5) is 26.8. The lowest BCUT2D eigenvalue weighted by molar-refractivity contribution is -0.130. The maximum Gasteiger partial charge on any atom is 0.243 e. The van der Waals surface area contributed by atoms with Crippen LogP contribution in [0.3, 0.4) is 0 Å². The lowest BCUT2D eigenvalue weighted by Gasteiger charge is -2.28. The minimum Gasteiger partial charge on any atom is -0.332 e. The van der Waals surface area contributed by atoms with Crippen molar-refractivity contribution in [2.45, 2.75) is 20.0 Å². The molecule has 3 aromatic rings. The molecule has 0 unspecified atom stereocenters. The molecule has 0 aromatic heterocycles. The Kier molecular flexibility index (Phi) is 7.43. The van der Waals surface area contributed by atoms with Crippen molar-refractivity contribution in [1.82, 2.24) is 4.90 Å². The summed E-state index contributed by atoms with van der Waals surface area (Å²) >= 11 is 0. The molecule has 7 heteroatoms. The lowest BCUT2D eigenvalue weighted by Crippen LogP contribution is -2.42. The topological polar surface area (TPSA) is 74.8 Å². The van der Waals surface area contributed by atoms with E-state index in [1.54, 1.807) is 23.1 Å². The molecule has 0 aliphatic carbocycles. The van der Waals surface area contributed by atoms with Crippen LogP contribution in [0.2, 0.25) is 0 Å². The summed E-state index contributed by atoms with van der Waals surface area (Å²) < 4.78 is 26.2. The molecular weight excluding hydrogens is 424 g/mol. The number of rotatable bonds is 9. The van der Waals surface area contributed by atoms with Crippen LogP contribution in [0, 0.1) is 0 Å². The normalized spacial score (nSPS) is 11.1. The number of amides is 1. The maximum absolute atomic E-state index is 13.4. The Hall–Kier alpha value is -3.45. The molecule has 0 bridgehead atoms. The largest absolute Gasteiger partial charge is 0.332 e. The fraction of sp³-hybridized carbons (Fsp3) is 0.200. The van der Waals surface area contributed by atoms with Gasteiger partial charge >= 0.3 is 0 Å². The maximum atomic E-state index is 13.4. The van der Waals surface area contributed by atoms with Crippen molar-refractivity contribution < 1.29 is 18.0 Å². The molecule has 0 spiro atoms. The number of benzene rings is 3. The quantitative estimate of drug-likeness (QED) is 0.464. The SMILES string of the molecule is CC(=O)c1cccc(N(CC(=O)N(Cc2ccccc2)Cc2ccccc2)S(C)(=O)=O)c1. The Morgan fingerprint density at radius 1 is 0.781 bits per heavy atom. The van der Waals surface area contributed by atoms with E-state index in [1.807, 2.05) is 60.7 Å². The molecule has 0 saturated heterocycles. The Morgan fingerprint density at radius 2 is 1.31 bits per heavy atom. The van der Waals surface area contributed by atoms with Crippen LogP contribution in [0.1, 0.15) is 28.4 Å². The van der Waals surface area contributed by atoms with Gasteiger partial charge in [0.15, 0.2) is 5.78 Å². The number of anilines is 1. The van der Waals surface area contributed by atoms with Crippen molar-refractivity contribution in [1.29, 1.82) is 0 Å². The van der Waals surface area contributed by atoms with E-state index < -0.39 is 10.0 Å². The zero-order valence-corrected chi connectivity index (χ0v) is 19.0. The number of sulfonamides is 1. The second kappa shape index (κ2) is 10.2. The molecule has 0 N–H and O–H groups in total. The molecule has 6 nitrogen and oxygen atoms in total. The number of carbonyl (C=O) groups excluding carboxylic acids is 2. The van der Waals surface area contributed by atoms with E-state index in [0.717, 1.165) is 21.7 Å². The third-order valence-electron chi connectivity index (χ3n) is 5.01. The van der Waals surface area contributed by atoms with Crippen molar-refractivity contribution in [2.75, 3.05) is 17.1 Å². The number of carbonyl (C=O) groups is 2. The molecule has 166 valence electrons. The molecule has 0 aliphatic rings. The van der Waals surface area contributed by atoms with Crippen LogP contribution >= 0.6 is 0 Å². The van der Waals surface area contributed by atoms with Gasteiger partial charge < -0.3 is 4.90 Å². The van der Waals surface area contributed by atoms with Crippen LogP contribution < -0.4 is 4.31 Å². The van der Waals surface area contributed by atoms with Crippen LogP contribution in [0.4, 0.5) is 5.69 Å². The van der Waals surface area contributed by atoms with Crippen LogP contribution in [0.5, 0.6) is 0 Å². The average molecular weight is 451 g/mol. The van der Waals surface area contributed by atoms with Crippen LogP contribution in [0.25, 0.3) is 0 Å². The first-order chi connectivity index (χ1) is 15.2. The lowest BCUT2D eigenvalue weighted by atomic mass is 10.1. The summed E-state index contributed by atoms with van der Waals surface area (Å²) in [6.45, 7) is 1.75. The van der Waals surface area contributed by atoms with Gasteiger partial charge in [-0.15, -0.1) is 0 Å². The summed E-state index contributed by atoms with van der Waals surface area (Å²) in [5.41, 5.74) is 2.56. The van der Waals surface area contributed by atoms with E-state index in [0.29, 0.717) is 18.7 Å². The Bertz CT molecular complexity index is 1140. The van der Waals surface area contributed by atoms with Gasteiger partial charge in [0.05, 0.1) is 11.9 Å². The van der Waals surface area contributed by atoms with Crippen molar-refractivity contribution in [3.05, 3.63) is 102 Å². The molecule has 1 amide bonds. The fourth-order valence-electron chi connectivity index (χ4n) is 3.34. The zero-order valence-electron chi connectivity index (χ0n) is 18.1. The smallest absolute Gasteiger partial charge is 0.243 e. The highest BCUT2D eigenvalue weighted by Gasteiger charge is 2.25. The Labute approximate surface area is 189 Å². The highest BCUT2D eigenvalue weighted by molar-refractivity contribution is 7.92. The van der Waals surface area contributed by atoms with Gasteiger partial charge in [-0.25, -0.2) is 8.42 Å². The molecule has 0 saturated carbocycles. The van der Waals surface area contributed by atoms with Gasteiger partial charge in [0.1, 0.15) is 6.54 Å². The number of Topliss-reactive ketones (excluding diaryl/α,β-unsaturated/α-hetero) is 1. The molecule has 0 radical (unpaired) electrons. The van der Waals surface area contributed by atoms with E-state index in [9.17, 15) is 18.0 Å². The fourth-order valence-corrected chi connectivity index (χ4v) is 4.18. The van der Waals surface area contributed by atoms with Gasteiger partial charge in [-0.05, 0) is 30.2 Å². The monoisotopic (exact) mass is 450 g/mol. The molecule has 0 aliphatic heterocycles. The molecule has 0 heterocycles. The van der Waals surface area contributed by atoms with Gasteiger partial charge in [0.2, 0.25) is 15.9 Å². The van der Waals surface area contributed by atoms with Gasteiger partial charge in [0.25, 0.3) is 0 Å². The minimum absolute atomic E-state index is 0.179. The number of ketones is 1. The van der Waals surface area contributed by atoms with Crippen molar-refractivity contribution in [3.63, 3.8) is 0 Å². The van der Waals surface area contributed by atoms with Crippen molar-refractivity contribution >= 4 is 27.4 Å². The second-order valence-corrected chi connectivity index (χ2v) is 9.50. The number of hydrogen-bond acceptors (Lipinski definition) is 4. The van der Waals surface area contributed by atoms with Gasteiger partial charge in [-0.2, -0.15) is 0 Å². The van der Waals surface area contributed by atoms with Crippen LogP contribution in [-0.4, -0.2) is 37.8 Å². The highest BCUT2D eigenvalue weighted by Crippen LogP contribution is 2.21. The number of nitrogens with zero attached hydrogens (tertiary/aromatic N) is 2. The second-order valence-electron chi connectivity index (χ2n) is 7.60. The Morgan fingerprint density at radius 3 is 1.78 bits per heavy atom. The summed E-state index contributed by atoms with van der Waals surface area (Å²) in [5.74, 6) is -0.516. The highest BCUT2D eigenvalue weighted by atomic mass is 32.2. The predicted octanol–water partition coefficient (Wildman–Crippen LogP) is 3.88. The van der Waals surface area contributed by atoms with E-state index in [-0.39, 0.29) is 23.9 Å². The van der Waals surface area contributed by atoms with Gasteiger partial charge in [-0.3, -0.25) is 13.9 Å². The first-order valence-electron chi connectivity index (χ1n) is 10.2. The predicted molar refractivity (Wildman–Crippen MR) is 126 cm³/mol.